The Morgan fingerprint density at radius 1 is 1.10 bits per heavy atom. The molecule has 0 aromatic heterocycles. The predicted molar refractivity (Wildman–Crippen MR) is 79.6 cm³/mol. The minimum absolute atomic E-state index is 0.0919. The van der Waals surface area contributed by atoms with Crippen LogP contribution in [0.1, 0.15) is 45.4 Å². The first-order valence-corrected chi connectivity index (χ1v) is 9.49. The fraction of sp³-hybridized carbons (Fsp3) is 1.00. The minimum atomic E-state index is -3.27. The molecule has 0 bridgehead atoms. The fourth-order valence-corrected chi connectivity index (χ4v) is 4.48. The van der Waals surface area contributed by atoms with Crippen molar-refractivity contribution in [3.05, 3.63) is 0 Å². The lowest BCUT2D eigenvalue weighted by molar-refractivity contribution is 0.263. The molecule has 1 heterocycles. The number of nitrogens with one attached hydrogen (secondary N) is 2. The molecule has 0 aromatic carbocycles. The Morgan fingerprint density at radius 2 is 1.75 bits per heavy atom. The molecule has 2 aliphatic carbocycles. The molecule has 6 heteroatoms. The minimum Gasteiger partial charge on any atom is -0.314 e. The zero-order valence-corrected chi connectivity index (χ0v) is 13.2. The van der Waals surface area contributed by atoms with E-state index in [4.69, 9.17) is 0 Å². The van der Waals surface area contributed by atoms with Gasteiger partial charge in [0.05, 0.1) is 0 Å². The van der Waals surface area contributed by atoms with Gasteiger partial charge in [0, 0.05) is 25.2 Å². The van der Waals surface area contributed by atoms with Crippen LogP contribution in [0.5, 0.6) is 0 Å². The van der Waals surface area contributed by atoms with Crippen LogP contribution in [-0.2, 0) is 10.2 Å². The molecule has 5 nitrogen and oxygen atoms in total. The molecule has 1 saturated heterocycles. The molecule has 2 saturated carbocycles. The van der Waals surface area contributed by atoms with Crippen molar-refractivity contribution in [1.82, 2.24) is 14.3 Å². The zero-order chi connectivity index (χ0) is 14.2. The van der Waals surface area contributed by atoms with Gasteiger partial charge in [-0.05, 0) is 63.8 Å². The highest BCUT2D eigenvalue weighted by Crippen LogP contribution is 2.33. The van der Waals surface area contributed by atoms with Crippen molar-refractivity contribution < 1.29 is 8.42 Å². The van der Waals surface area contributed by atoms with E-state index < -0.39 is 10.2 Å². The molecule has 20 heavy (non-hydrogen) atoms. The standard InChI is InChI=1S/C14H27N3O2S/c1-11(13-2-3-13)16-20(18,19)17-8-6-12(7-9-17)10-15-14-4-5-14/h11-16H,2-10H2,1H3. The van der Waals surface area contributed by atoms with Crippen LogP contribution < -0.4 is 10.0 Å². The third-order valence-electron chi connectivity index (χ3n) is 4.85. The Morgan fingerprint density at radius 3 is 2.30 bits per heavy atom. The summed E-state index contributed by atoms with van der Waals surface area (Å²) in [5, 5.41) is 3.55. The molecule has 0 aromatic rings. The van der Waals surface area contributed by atoms with Crippen molar-refractivity contribution >= 4 is 10.2 Å². The molecule has 0 amide bonds. The molecule has 3 aliphatic rings. The predicted octanol–water partition coefficient (Wildman–Crippen LogP) is 1.08. The van der Waals surface area contributed by atoms with E-state index in [9.17, 15) is 8.42 Å². The Hall–Kier alpha value is -0.170. The van der Waals surface area contributed by atoms with Crippen LogP contribution in [0.15, 0.2) is 0 Å². The molecule has 3 rings (SSSR count). The van der Waals surface area contributed by atoms with Crippen molar-refractivity contribution in [3.8, 4) is 0 Å². The first-order chi connectivity index (χ1) is 9.54. The molecule has 0 spiro atoms. The molecule has 2 N–H and O–H groups in total. The summed E-state index contributed by atoms with van der Waals surface area (Å²) >= 11 is 0. The van der Waals surface area contributed by atoms with E-state index in [2.05, 4.69) is 10.0 Å². The van der Waals surface area contributed by atoms with E-state index in [-0.39, 0.29) is 6.04 Å². The maximum absolute atomic E-state index is 12.3. The highest BCUT2D eigenvalue weighted by Gasteiger charge is 2.34. The van der Waals surface area contributed by atoms with E-state index >= 15 is 0 Å². The van der Waals surface area contributed by atoms with Gasteiger partial charge in [-0.1, -0.05) is 0 Å². The SMILES string of the molecule is CC(NS(=O)(=O)N1CCC(CNC2CC2)CC1)C1CC1. The second-order valence-electron chi connectivity index (χ2n) is 6.77. The van der Waals surface area contributed by atoms with Crippen LogP contribution in [0.25, 0.3) is 0 Å². The maximum atomic E-state index is 12.3. The van der Waals surface area contributed by atoms with Gasteiger partial charge < -0.3 is 5.32 Å². The van der Waals surface area contributed by atoms with Crippen LogP contribution in [0.3, 0.4) is 0 Å². The molecule has 1 atom stereocenters. The van der Waals surface area contributed by atoms with Gasteiger partial charge in [0.2, 0.25) is 0 Å². The average Bonchev–Trinajstić information content (AvgIpc) is 3.29. The quantitative estimate of drug-likeness (QED) is 0.740. The highest BCUT2D eigenvalue weighted by atomic mass is 32.2. The normalized spacial score (nSPS) is 27.6. The van der Waals surface area contributed by atoms with Gasteiger partial charge in [0.1, 0.15) is 0 Å². The lowest BCUT2D eigenvalue weighted by Crippen LogP contribution is -2.48. The third-order valence-corrected chi connectivity index (χ3v) is 6.56. The van der Waals surface area contributed by atoms with Gasteiger partial charge in [-0.3, -0.25) is 0 Å². The van der Waals surface area contributed by atoms with E-state index in [1.807, 2.05) is 6.92 Å². The number of hydrogen-bond donors (Lipinski definition) is 2. The molecule has 0 radical (unpaired) electrons. The molecular formula is C14H27N3O2S. The highest BCUT2D eigenvalue weighted by molar-refractivity contribution is 7.87. The molecule has 3 fully saturated rings. The lowest BCUT2D eigenvalue weighted by Gasteiger charge is -2.32. The Kier molecular flexibility index (Phi) is 4.36. The van der Waals surface area contributed by atoms with Crippen LogP contribution in [-0.4, -0.2) is 44.4 Å². The Labute approximate surface area is 122 Å². The molecule has 116 valence electrons. The summed E-state index contributed by atoms with van der Waals surface area (Å²) in [6.07, 6.45) is 6.93. The summed E-state index contributed by atoms with van der Waals surface area (Å²) in [5.74, 6) is 1.20. The summed E-state index contributed by atoms with van der Waals surface area (Å²) in [6.45, 7) is 4.39. The second kappa shape index (κ2) is 5.91. The molecule has 1 unspecified atom stereocenters. The molecular weight excluding hydrogens is 274 g/mol. The number of nitrogens with zero attached hydrogens (tertiary/aromatic N) is 1. The smallest absolute Gasteiger partial charge is 0.279 e. The number of piperidine rings is 1. The summed E-state index contributed by atoms with van der Waals surface area (Å²) in [6, 6.07) is 0.840. The van der Waals surface area contributed by atoms with Crippen molar-refractivity contribution in [1.29, 1.82) is 0 Å². The van der Waals surface area contributed by atoms with Crippen molar-refractivity contribution in [2.24, 2.45) is 11.8 Å². The summed E-state index contributed by atoms with van der Waals surface area (Å²) < 4.78 is 29.1. The largest absolute Gasteiger partial charge is 0.314 e. The first kappa shape index (κ1) is 14.8. The van der Waals surface area contributed by atoms with Crippen LogP contribution >= 0.6 is 0 Å². The monoisotopic (exact) mass is 301 g/mol. The van der Waals surface area contributed by atoms with Gasteiger partial charge in [0.15, 0.2) is 0 Å². The Bertz CT molecular complexity index is 424. The topological polar surface area (TPSA) is 61.4 Å². The van der Waals surface area contributed by atoms with Crippen molar-refractivity contribution in [3.63, 3.8) is 0 Å². The third kappa shape index (κ3) is 3.93. The zero-order valence-electron chi connectivity index (χ0n) is 12.3. The van der Waals surface area contributed by atoms with Gasteiger partial charge in [-0.15, -0.1) is 0 Å². The van der Waals surface area contributed by atoms with Gasteiger partial charge in [-0.25, -0.2) is 0 Å². The number of hydrogen-bond acceptors (Lipinski definition) is 3. The van der Waals surface area contributed by atoms with E-state index in [1.165, 1.54) is 25.7 Å². The second-order valence-corrected chi connectivity index (χ2v) is 8.48. The van der Waals surface area contributed by atoms with E-state index in [0.29, 0.717) is 24.9 Å². The average molecular weight is 301 g/mol. The summed E-state index contributed by atoms with van der Waals surface area (Å²) in [5.41, 5.74) is 0. The van der Waals surface area contributed by atoms with Gasteiger partial charge >= 0.3 is 0 Å². The Balaban J connectivity index is 1.43. The van der Waals surface area contributed by atoms with E-state index in [0.717, 1.165) is 25.4 Å². The fourth-order valence-electron chi connectivity index (χ4n) is 2.98. The first-order valence-electron chi connectivity index (χ1n) is 8.05. The van der Waals surface area contributed by atoms with E-state index in [1.54, 1.807) is 4.31 Å². The summed E-state index contributed by atoms with van der Waals surface area (Å²) in [4.78, 5) is 0. The van der Waals surface area contributed by atoms with Crippen LogP contribution in [0, 0.1) is 11.8 Å². The maximum Gasteiger partial charge on any atom is 0.279 e. The lowest BCUT2D eigenvalue weighted by atomic mass is 9.98. The van der Waals surface area contributed by atoms with Crippen molar-refractivity contribution in [2.45, 2.75) is 57.5 Å². The van der Waals surface area contributed by atoms with Gasteiger partial charge in [0.25, 0.3) is 10.2 Å². The van der Waals surface area contributed by atoms with Crippen LogP contribution in [0.2, 0.25) is 0 Å². The van der Waals surface area contributed by atoms with Crippen LogP contribution in [0.4, 0.5) is 0 Å². The number of rotatable bonds is 7. The summed E-state index contributed by atoms with van der Waals surface area (Å²) in [7, 11) is -3.27. The van der Waals surface area contributed by atoms with Crippen molar-refractivity contribution in [2.75, 3.05) is 19.6 Å². The molecule has 1 aliphatic heterocycles. The van der Waals surface area contributed by atoms with Gasteiger partial charge in [-0.2, -0.15) is 17.4 Å².